The molecule has 0 amide bonds. The third-order valence-corrected chi connectivity index (χ3v) is 3.28. The first-order valence-corrected chi connectivity index (χ1v) is 7.57. The van der Waals surface area contributed by atoms with Crippen molar-refractivity contribution in [3.05, 3.63) is 59.9 Å². The Morgan fingerprint density at radius 2 is 1.75 bits per heavy atom. The van der Waals surface area contributed by atoms with Crippen LogP contribution >= 0.6 is 0 Å². The Kier molecular flexibility index (Phi) is 5.57. The van der Waals surface area contributed by atoms with Gasteiger partial charge in [0.15, 0.2) is 11.6 Å². The molecule has 0 aliphatic carbocycles. The van der Waals surface area contributed by atoms with Crippen molar-refractivity contribution in [2.75, 3.05) is 7.11 Å². The summed E-state index contributed by atoms with van der Waals surface area (Å²) in [5, 5.41) is 0. The summed E-state index contributed by atoms with van der Waals surface area (Å²) < 4.78 is 30.1. The van der Waals surface area contributed by atoms with Crippen molar-refractivity contribution in [1.82, 2.24) is 0 Å². The van der Waals surface area contributed by atoms with Gasteiger partial charge < -0.3 is 14.2 Å². The van der Waals surface area contributed by atoms with Gasteiger partial charge in [0.1, 0.15) is 5.75 Å². The molecule has 0 radical (unpaired) electrons. The maximum absolute atomic E-state index is 14.0. The minimum atomic E-state index is -0.660. The highest BCUT2D eigenvalue weighted by atomic mass is 19.1. The Balaban J connectivity index is 2.20. The van der Waals surface area contributed by atoms with Crippen molar-refractivity contribution in [2.45, 2.75) is 27.1 Å². The molecule has 0 bridgehead atoms. The lowest BCUT2D eigenvalue weighted by Crippen LogP contribution is -2.34. The van der Waals surface area contributed by atoms with E-state index in [9.17, 15) is 9.18 Å². The van der Waals surface area contributed by atoms with E-state index in [1.165, 1.54) is 25.3 Å². The number of hydrogen-bond acceptors (Lipinski definition) is 4. The Morgan fingerprint density at radius 3 is 2.33 bits per heavy atom. The molecular weight excluding hydrogens is 311 g/mol. The van der Waals surface area contributed by atoms with Crippen LogP contribution in [0.15, 0.2) is 48.5 Å². The first-order valence-electron chi connectivity index (χ1n) is 7.57. The molecule has 0 spiro atoms. The lowest BCUT2D eigenvalue weighted by atomic mass is 9.96. The highest BCUT2D eigenvalue weighted by molar-refractivity contribution is 5.91. The summed E-state index contributed by atoms with van der Waals surface area (Å²) in [5.41, 5.74) is -0.166. The second-order valence-electron chi connectivity index (χ2n) is 6.40. The molecule has 1 atom stereocenters. The van der Waals surface area contributed by atoms with Gasteiger partial charge in [-0.2, -0.15) is 0 Å². The van der Waals surface area contributed by atoms with E-state index in [2.05, 4.69) is 0 Å². The zero-order chi connectivity index (χ0) is 17.7. The molecule has 0 fully saturated rings. The van der Waals surface area contributed by atoms with Gasteiger partial charge in [0.05, 0.1) is 5.56 Å². The summed E-state index contributed by atoms with van der Waals surface area (Å²) in [6, 6.07) is 12.5. The highest BCUT2D eigenvalue weighted by Gasteiger charge is 2.27. The molecule has 0 saturated carbocycles. The predicted molar refractivity (Wildman–Crippen MR) is 88.7 cm³/mol. The fraction of sp³-hybridized carbons (Fsp3) is 0.316. The number of esters is 1. The van der Waals surface area contributed by atoms with Crippen LogP contribution in [0.5, 0.6) is 11.5 Å². The normalized spacial score (nSPS) is 12.5. The average Bonchev–Trinajstić information content (AvgIpc) is 2.53. The molecule has 2 aromatic rings. The van der Waals surface area contributed by atoms with Crippen LogP contribution in [-0.4, -0.2) is 19.4 Å². The number of para-hydroxylation sites is 1. The van der Waals surface area contributed by atoms with Gasteiger partial charge in [-0.1, -0.05) is 39.0 Å². The molecule has 0 aliphatic rings. The van der Waals surface area contributed by atoms with Crippen molar-refractivity contribution >= 4 is 5.97 Å². The number of hydrogen-bond donors (Lipinski definition) is 0. The van der Waals surface area contributed by atoms with Gasteiger partial charge >= 0.3 is 5.97 Å². The summed E-state index contributed by atoms with van der Waals surface area (Å²) >= 11 is 0. The van der Waals surface area contributed by atoms with E-state index in [-0.39, 0.29) is 16.7 Å². The van der Waals surface area contributed by atoms with E-state index in [1.807, 2.05) is 26.8 Å². The Bertz CT molecular complexity index is 692. The maximum Gasteiger partial charge on any atom is 0.343 e. The number of carbonyl (C=O) groups is 1. The minimum absolute atomic E-state index is 0.0562. The van der Waals surface area contributed by atoms with E-state index < -0.39 is 18.1 Å². The SMILES string of the molecule is COC(Oc1cc(C(=O)Oc2ccccc2)ccc1F)C(C)(C)C. The molecule has 0 aliphatic heterocycles. The van der Waals surface area contributed by atoms with E-state index >= 15 is 0 Å². The largest absolute Gasteiger partial charge is 0.461 e. The summed E-state index contributed by atoms with van der Waals surface area (Å²) in [4.78, 5) is 12.2. The van der Waals surface area contributed by atoms with Crippen LogP contribution in [0.2, 0.25) is 0 Å². The Labute approximate surface area is 141 Å². The Morgan fingerprint density at radius 1 is 1.08 bits per heavy atom. The molecule has 2 aromatic carbocycles. The molecule has 4 nitrogen and oxygen atoms in total. The van der Waals surface area contributed by atoms with E-state index in [0.717, 1.165) is 0 Å². The summed E-state index contributed by atoms with van der Waals surface area (Å²) in [7, 11) is 1.49. The summed E-state index contributed by atoms with van der Waals surface area (Å²) in [6.45, 7) is 5.73. The average molecular weight is 332 g/mol. The van der Waals surface area contributed by atoms with Crippen molar-refractivity contribution in [2.24, 2.45) is 5.41 Å². The number of benzene rings is 2. The zero-order valence-corrected chi connectivity index (χ0v) is 14.2. The smallest absolute Gasteiger partial charge is 0.343 e. The zero-order valence-electron chi connectivity index (χ0n) is 14.2. The predicted octanol–water partition coefficient (Wildman–Crippen LogP) is 4.44. The standard InChI is InChI=1S/C19H21FO4/c1-19(2,3)18(22-4)24-16-12-13(10-11-15(16)20)17(21)23-14-8-6-5-7-9-14/h5-12,18H,1-4H3. The minimum Gasteiger partial charge on any atom is -0.461 e. The van der Waals surface area contributed by atoms with E-state index in [4.69, 9.17) is 14.2 Å². The van der Waals surface area contributed by atoms with Crippen molar-refractivity contribution in [1.29, 1.82) is 0 Å². The molecular formula is C19H21FO4. The third-order valence-electron chi connectivity index (χ3n) is 3.28. The number of carbonyl (C=O) groups excluding carboxylic acids is 1. The fourth-order valence-electron chi connectivity index (χ4n) is 2.07. The van der Waals surface area contributed by atoms with Gasteiger partial charge in [-0.3, -0.25) is 0 Å². The van der Waals surface area contributed by atoms with Gasteiger partial charge in [-0.15, -0.1) is 0 Å². The monoisotopic (exact) mass is 332 g/mol. The van der Waals surface area contributed by atoms with Gasteiger partial charge in [0, 0.05) is 12.5 Å². The lowest BCUT2D eigenvalue weighted by Gasteiger charge is -2.29. The maximum atomic E-state index is 14.0. The highest BCUT2D eigenvalue weighted by Crippen LogP contribution is 2.28. The third kappa shape index (κ3) is 4.55. The molecule has 24 heavy (non-hydrogen) atoms. The second-order valence-corrected chi connectivity index (χ2v) is 6.40. The van der Waals surface area contributed by atoms with Crippen LogP contribution in [0.3, 0.4) is 0 Å². The number of methoxy groups -OCH3 is 1. The molecule has 128 valence electrons. The lowest BCUT2D eigenvalue weighted by molar-refractivity contribution is -0.122. The Hall–Kier alpha value is -2.40. The summed E-state index contributed by atoms with van der Waals surface area (Å²) in [6.07, 6.45) is -0.660. The van der Waals surface area contributed by atoms with Crippen LogP contribution in [0.25, 0.3) is 0 Å². The quantitative estimate of drug-likeness (QED) is 0.461. The van der Waals surface area contributed by atoms with Crippen LogP contribution < -0.4 is 9.47 Å². The first-order chi connectivity index (χ1) is 11.3. The van der Waals surface area contributed by atoms with E-state index in [1.54, 1.807) is 24.3 Å². The van der Waals surface area contributed by atoms with Gasteiger partial charge in [-0.05, 0) is 30.3 Å². The molecule has 0 aromatic heterocycles. The van der Waals surface area contributed by atoms with Crippen molar-refractivity contribution in [3.8, 4) is 11.5 Å². The number of ether oxygens (including phenoxy) is 3. The first kappa shape index (κ1) is 17.9. The van der Waals surface area contributed by atoms with Crippen LogP contribution in [0.4, 0.5) is 4.39 Å². The van der Waals surface area contributed by atoms with Crippen LogP contribution in [0.1, 0.15) is 31.1 Å². The van der Waals surface area contributed by atoms with Crippen LogP contribution in [-0.2, 0) is 4.74 Å². The number of halogens is 1. The fourth-order valence-corrected chi connectivity index (χ4v) is 2.07. The van der Waals surface area contributed by atoms with Crippen molar-refractivity contribution in [3.63, 3.8) is 0 Å². The molecule has 1 unspecified atom stereocenters. The second kappa shape index (κ2) is 7.45. The van der Waals surface area contributed by atoms with Gasteiger partial charge in [-0.25, -0.2) is 9.18 Å². The molecule has 0 heterocycles. The van der Waals surface area contributed by atoms with Crippen LogP contribution in [0, 0.1) is 11.2 Å². The summed E-state index contributed by atoms with van der Waals surface area (Å²) in [5.74, 6) is -0.800. The van der Waals surface area contributed by atoms with Crippen molar-refractivity contribution < 1.29 is 23.4 Å². The van der Waals surface area contributed by atoms with E-state index in [0.29, 0.717) is 5.75 Å². The van der Waals surface area contributed by atoms with Gasteiger partial charge in [0.2, 0.25) is 6.29 Å². The van der Waals surface area contributed by atoms with Gasteiger partial charge in [0.25, 0.3) is 0 Å². The molecule has 0 N–H and O–H groups in total. The molecule has 5 heteroatoms. The molecule has 2 rings (SSSR count). The topological polar surface area (TPSA) is 44.8 Å². The molecule has 0 saturated heterocycles. The number of rotatable bonds is 5.